The van der Waals surface area contributed by atoms with Crippen LogP contribution in [0.25, 0.3) is 5.57 Å². The van der Waals surface area contributed by atoms with E-state index in [1.54, 1.807) is 0 Å². The fourth-order valence-corrected chi connectivity index (χ4v) is 3.97. The molecule has 1 aliphatic rings. The van der Waals surface area contributed by atoms with Crippen LogP contribution < -0.4 is 4.90 Å². The van der Waals surface area contributed by atoms with Gasteiger partial charge < -0.3 is 0 Å². The molecule has 3 rings (SSSR count). The summed E-state index contributed by atoms with van der Waals surface area (Å²) in [6, 6.07) is 11.8. The van der Waals surface area contributed by atoms with E-state index in [2.05, 4.69) is 0 Å². The van der Waals surface area contributed by atoms with Crippen molar-refractivity contribution in [3.8, 4) is 0 Å². The van der Waals surface area contributed by atoms with Gasteiger partial charge in [-0.15, -0.1) is 11.8 Å². The van der Waals surface area contributed by atoms with Gasteiger partial charge in [-0.2, -0.15) is 0 Å². The molecule has 1 heterocycles. The van der Waals surface area contributed by atoms with Crippen molar-refractivity contribution >= 4 is 34.8 Å². The highest BCUT2D eigenvalue weighted by Crippen LogP contribution is 2.39. The monoisotopic (exact) mass is 365 g/mol. The SMILES string of the molecule is CCSC1=C(c2ccc(C)c(C)c2)C(=O)N(c2cc(C)ccc2C)C1=O. The van der Waals surface area contributed by atoms with Crippen LogP contribution in [0.15, 0.2) is 41.3 Å². The topological polar surface area (TPSA) is 37.4 Å². The first-order valence-corrected chi connectivity index (χ1v) is 9.74. The molecule has 0 N–H and O–H groups in total. The summed E-state index contributed by atoms with van der Waals surface area (Å²) in [5.74, 6) is 0.287. The summed E-state index contributed by atoms with van der Waals surface area (Å²) in [5.41, 5.74) is 6.23. The Kier molecular flexibility index (Phi) is 5.05. The van der Waals surface area contributed by atoms with Crippen molar-refractivity contribution in [2.75, 3.05) is 10.7 Å². The third kappa shape index (κ3) is 3.10. The minimum Gasteiger partial charge on any atom is -0.268 e. The van der Waals surface area contributed by atoms with Crippen molar-refractivity contribution in [3.63, 3.8) is 0 Å². The Balaban J connectivity index is 2.15. The van der Waals surface area contributed by atoms with Crippen LogP contribution in [0.5, 0.6) is 0 Å². The van der Waals surface area contributed by atoms with Crippen LogP contribution >= 0.6 is 11.8 Å². The molecule has 4 heteroatoms. The molecule has 0 aromatic heterocycles. The summed E-state index contributed by atoms with van der Waals surface area (Å²) in [7, 11) is 0. The van der Waals surface area contributed by atoms with E-state index in [9.17, 15) is 9.59 Å². The third-order valence-electron chi connectivity index (χ3n) is 4.73. The molecule has 2 amide bonds. The summed E-state index contributed by atoms with van der Waals surface area (Å²) in [6.07, 6.45) is 0. The lowest BCUT2D eigenvalue weighted by Gasteiger charge is -2.18. The maximum absolute atomic E-state index is 13.3. The van der Waals surface area contributed by atoms with E-state index in [1.807, 2.05) is 71.0 Å². The minimum atomic E-state index is -0.233. The van der Waals surface area contributed by atoms with Gasteiger partial charge in [-0.3, -0.25) is 9.59 Å². The third-order valence-corrected chi connectivity index (χ3v) is 5.69. The van der Waals surface area contributed by atoms with Crippen LogP contribution in [0.1, 0.15) is 34.7 Å². The molecule has 0 radical (unpaired) electrons. The van der Waals surface area contributed by atoms with Crippen molar-refractivity contribution in [1.82, 2.24) is 0 Å². The van der Waals surface area contributed by atoms with Crippen LogP contribution in [0, 0.1) is 27.7 Å². The van der Waals surface area contributed by atoms with Gasteiger partial charge in [0, 0.05) is 0 Å². The predicted octanol–water partition coefficient (Wildman–Crippen LogP) is 4.96. The molecule has 3 nitrogen and oxygen atoms in total. The second-order valence-electron chi connectivity index (χ2n) is 6.67. The maximum atomic E-state index is 13.3. The summed E-state index contributed by atoms with van der Waals surface area (Å²) in [6.45, 7) is 9.95. The summed E-state index contributed by atoms with van der Waals surface area (Å²) in [5, 5.41) is 0. The average molecular weight is 365 g/mol. The molecular weight excluding hydrogens is 342 g/mol. The quantitative estimate of drug-likeness (QED) is 0.719. The standard InChI is InChI=1S/C22H23NO2S/c1-6-26-20-19(17-10-9-14(3)16(5)12-17)21(24)23(22(20)25)18-11-13(2)7-8-15(18)4/h7-12H,6H2,1-5H3. The zero-order chi connectivity index (χ0) is 19.0. The van der Waals surface area contributed by atoms with Gasteiger partial charge in [0.15, 0.2) is 0 Å². The van der Waals surface area contributed by atoms with Gasteiger partial charge in [0.05, 0.1) is 16.2 Å². The number of thioether (sulfide) groups is 1. The van der Waals surface area contributed by atoms with Gasteiger partial charge >= 0.3 is 0 Å². The number of carbonyl (C=O) groups excluding carboxylic acids is 2. The van der Waals surface area contributed by atoms with Gasteiger partial charge in [-0.1, -0.05) is 37.3 Å². The van der Waals surface area contributed by atoms with Crippen LogP contribution in [0.4, 0.5) is 5.69 Å². The number of carbonyl (C=O) groups is 2. The molecule has 2 aromatic rings. The number of amides is 2. The zero-order valence-corrected chi connectivity index (χ0v) is 16.7. The minimum absolute atomic E-state index is 0.219. The number of benzene rings is 2. The van der Waals surface area contributed by atoms with E-state index < -0.39 is 0 Å². The van der Waals surface area contributed by atoms with Crippen LogP contribution in [0.2, 0.25) is 0 Å². The zero-order valence-electron chi connectivity index (χ0n) is 15.8. The molecule has 0 bridgehead atoms. The van der Waals surface area contributed by atoms with Crippen LogP contribution in [0.3, 0.4) is 0 Å². The lowest BCUT2D eigenvalue weighted by Crippen LogP contribution is -2.32. The number of imide groups is 1. The van der Waals surface area contributed by atoms with E-state index >= 15 is 0 Å². The largest absolute Gasteiger partial charge is 0.272 e. The Morgan fingerprint density at radius 2 is 1.54 bits per heavy atom. The molecule has 2 aromatic carbocycles. The number of hydrogen-bond acceptors (Lipinski definition) is 3. The van der Waals surface area contributed by atoms with Crippen molar-refractivity contribution < 1.29 is 9.59 Å². The second kappa shape index (κ2) is 7.12. The number of rotatable bonds is 4. The lowest BCUT2D eigenvalue weighted by atomic mass is 10.0. The summed E-state index contributed by atoms with van der Waals surface area (Å²) in [4.78, 5) is 28.3. The first-order valence-electron chi connectivity index (χ1n) is 8.76. The highest BCUT2D eigenvalue weighted by Gasteiger charge is 2.40. The van der Waals surface area contributed by atoms with Gasteiger partial charge in [0.2, 0.25) is 0 Å². The van der Waals surface area contributed by atoms with Crippen molar-refractivity contribution in [2.45, 2.75) is 34.6 Å². The summed E-state index contributed by atoms with van der Waals surface area (Å²) < 4.78 is 0. The Labute approximate surface area is 159 Å². The highest BCUT2D eigenvalue weighted by atomic mass is 32.2. The Bertz CT molecular complexity index is 943. The number of anilines is 1. The number of hydrogen-bond donors (Lipinski definition) is 0. The molecule has 0 atom stereocenters. The molecule has 0 aliphatic carbocycles. The van der Waals surface area contributed by atoms with Gasteiger partial charge in [-0.05, 0) is 67.3 Å². The summed E-state index contributed by atoms with van der Waals surface area (Å²) >= 11 is 1.44. The van der Waals surface area contributed by atoms with E-state index in [1.165, 1.54) is 22.2 Å². The van der Waals surface area contributed by atoms with E-state index in [0.717, 1.165) is 28.0 Å². The first-order chi connectivity index (χ1) is 12.3. The van der Waals surface area contributed by atoms with Crippen molar-refractivity contribution in [2.24, 2.45) is 0 Å². The number of aryl methyl sites for hydroxylation is 4. The van der Waals surface area contributed by atoms with E-state index in [-0.39, 0.29) is 11.8 Å². The van der Waals surface area contributed by atoms with Crippen LogP contribution in [-0.4, -0.2) is 17.6 Å². The van der Waals surface area contributed by atoms with E-state index in [0.29, 0.717) is 16.2 Å². The molecule has 26 heavy (non-hydrogen) atoms. The predicted molar refractivity (Wildman–Crippen MR) is 109 cm³/mol. The molecule has 1 aliphatic heterocycles. The average Bonchev–Trinajstić information content (AvgIpc) is 2.84. The molecule has 0 unspecified atom stereocenters. The molecule has 0 saturated carbocycles. The molecule has 0 fully saturated rings. The Hall–Kier alpha value is -2.33. The Morgan fingerprint density at radius 3 is 2.19 bits per heavy atom. The highest BCUT2D eigenvalue weighted by molar-refractivity contribution is 8.04. The molecule has 0 saturated heterocycles. The van der Waals surface area contributed by atoms with Crippen molar-refractivity contribution in [1.29, 1.82) is 0 Å². The van der Waals surface area contributed by atoms with E-state index in [4.69, 9.17) is 0 Å². The van der Waals surface area contributed by atoms with Gasteiger partial charge in [0.25, 0.3) is 11.8 Å². The smallest absolute Gasteiger partial charge is 0.268 e. The van der Waals surface area contributed by atoms with Crippen LogP contribution in [-0.2, 0) is 9.59 Å². The van der Waals surface area contributed by atoms with Gasteiger partial charge in [0.1, 0.15) is 0 Å². The molecule has 0 spiro atoms. The van der Waals surface area contributed by atoms with Gasteiger partial charge in [-0.25, -0.2) is 4.90 Å². The fourth-order valence-electron chi connectivity index (χ4n) is 3.12. The Morgan fingerprint density at radius 1 is 0.846 bits per heavy atom. The normalized spacial score (nSPS) is 14.6. The molecular formula is C22H23NO2S. The van der Waals surface area contributed by atoms with Crippen molar-refractivity contribution in [3.05, 3.63) is 69.1 Å². The lowest BCUT2D eigenvalue weighted by molar-refractivity contribution is -0.119. The maximum Gasteiger partial charge on any atom is 0.272 e. The molecule has 134 valence electrons. The number of nitrogens with zero attached hydrogens (tertiary/aromatic N) is 1. The fraction of sp³-hybridized carbons (Fsp3) is 0.273. The second-order valence-corrected chi connectivity index (χ2v) is 7.95. The first kappa shape index (κ1) is 18.5.